The van der Waals surface area contributed by atoms with Gasteiger partial charge in [0.25, 0.3) is 0 Å². The van der Waals surface area contributed by atoms with Gasteiger partial charge in [0.2, 0.25) is 0 Å². The smallest absolute Gasteiger partial charge is 0.119 e. The number of fused-ring (bicyclic) bond motifs is 1. The molecule has 2 heterocycles. The van der Waals surface area contributed by atoms with E-state index >= 15 is 0 Å². The lowest BCUT2D eigenvalue weighted by molar-refractivity contribution is 0.0923. The Morgan fingerprint density at radius 1 is 1.04 bits per heavy atom. The van der Waals surface area contributed by atoms with Crippen LogP contribution < -0.4 is 0 Å². The fourth-order valence-corrected chi connectivity index (χ4v) is 3.09. The summed E-state index contributed by atoms with van der Waals surface area (Å²) in [6.45, 7) is 2.46. The van der Waals surface area contributed by atoms with Crippen LogP contribution in [0.5, 0.6) is 0 Å². The highest BCUT2D eigenvalue weighted by molar-refractivity contribution is 5.83. The van der Waals surface area contributed by atoms with E-state index in [-0.39, 0.29) is 6.61 Å². The lowest BCUT2D eigenvalue weighted by Gasteiger charge is -2.08. The second kappa shape index (κ2) is 7.31. The summed E-state index contributed by atoms with van der Waals surface area (Å²) in [6, 6.07) is 19.9. The summed E-state index contributed by atoms with van der Waals surface area (Å²) in [5.41, 5.74) is 5.55. The van der Waals surface area contributed by atoms with Gasteiger partial charge < -0.3 is 10.2 Å². The number of aliphatic hydroxyl groups is 2. The first-order valence-electron chi connectivity index (χ1n) is 8.91. The predicted octanol–water partition coefficient (Wildman–Crippen LogP) is 3.48. The van der Waals surface area contributed by atoms with Gasteiger partial charge in [-0.25, -0.2) is 4.98 Å². The Labute approximate surface area is 157 Å². The van der Waals surface area contributed by atoms with Crippen LogP contribution in [0.3, 0.4) is 0 Å². The molecule has 4 aromatic rings. The van der Waals surface area contributed by atoms with Crippen LogP contribution in [0.4, 0.5) is 0 Å². The van der Waals surface area contributed by atoms with E-state index in [1.165, 1.54) is 11.1 Å². The second-order valence-electron chi connectivity index (χ2n) is 6.73. The van der Waals surface area contributed by atoms with Crippen LogP contribution in [-0.2, 0) is 6.54 Å². The molecule has 0 aliphatic rings. The molecule has 0 bridgehead atoms. The van der Waals surface area contributed by atoms with E-state index in [2.05, 4.69) is 41.3 Å². The number of rotatable bonds is 5. The van der Waals surface area contributed by atoms with Crippen LogP contribution in [0.15, 0.2) is 66.9 Å². The zero-order valence-corrected chi connectivity index (χ0v) is 15.1. The van der Waals surface area contributed by atoms with Crippen LogP contribution in [0.2, 0.25) is 0 Å². The third kappa shape index (κ3) is 3.74. The van der Waals surface area contributed by atoms with Crippen molar-refractivity contribution in [1.82, 2.24) is 14.8 Å². The highest BCUT2D eigenvalue weighted by Crippen LogP contribution is 2.24. The van der Waals surface area contributed by atoms with Crippen LogP contribution in [0, 0.1) is 6.92 Å². The molecule has 0 saturated carbocycles. The normalized spacial score (nSPS) is 12.4. The minimum atomic E-state index is -0.967. The molecule has 1 atom stereocenters. The van der Waals surface area contributed by atoms with E-state index in [1.54, 1.807) is 6.07 Å². The molecular formula is C22H21N3O2. The number of nitrogens with zero attached hydrogens (tertiary/aromatic N) is 3. The van der Waals surface area contributed by atoms with E-state index in [0.29, 0.717) is 5.69 Å². The SMILES string of the molecule is Cc1ccc(Cn2cc3cc(-c4cccc([C@H](O)CO)n4)ccc3n2)cc1. The van der Waals surface area contributed by atoms with Gasteiger partial charge in [-0.1, -0.05) is 42.0 Å². The van der Waals surface area contributed by atoms with Gasteiger partial charge in [-0.05, 0) is 36.8 Å². The number of hydrogen-bond acceptors (Lipinski definition) is 4. The minimum Gasteiger partial charge on any atom is -0.393 e. The molecule has 27 heavy (non-hydrogen) atoms. The fourth-order valence-electron chi connectivity index (χ4n) is 3.09. The summed E-state index contributed by atoms with van der Waals surface area (Å²) in [7, 11) is 0. The molecule has 0 spiro atoms. The minimum absolute atomic E-state index is 0.346. The molecule has 2 N–H and O–H groups in total. The summed E-state index contributed by atoms with van der Waals surface area (Å²) in [4.78, 5) is 4.47. The molecule has 5 nitrogen and oxygen atoms in total. The van der Waals surface area contributed by atoms with E-state index < -0.39 is 6.10 Å². The van der Waals surface area contributed by atoms with Crippen molar-refractivity contribution in [3.05, 3.63) is 83.7 Å². The van der Waals surface area contributed by atoms with Crippen LogP contribution in [0.1, 0.15) is 22.9 Å². The largest absolute Gasteiger partial charge is 0.393 e. The van der Waals surface area contributed by atoms with Gasteiger partial charge in [-0.15, -0.1) is 0 Å². The van der Waals surface area contributed by atoms with Crippen molar-refractivity contribution in [3.8, 4) is 11.3 Å². The van der Waals surface area contributed by atoms with Crippen molar-refractivity contribution in [2.75, 3.05) is 6.61 Å². The highest BCUT2D eigenvalue weighted by Gasteiger charge is 2.10. The molecule has 0 radical (unpaired) electrons. The summed E-state index contributed by atoms with van der Waals surface area (Å²) in [6.07, 6.45) is 1.07. The first kappa shape index (κ1) is 17.4. The quantitative estimate of drug-likeness (QED) is 0.572. The lowest BCUT2D eigenvalue weighted by Crippen LogP contribution is -2.05. The molecule has 2 aromatic heterocycles. The van der Waals surface area contributed by atoms with Crippen molar-refractivity contribution in [2.24, 2.45) is 0 Å². The predicted molar refractivity (Wildman–Crippen MR) is 105 cm³/mol. The Kier molecular flexibility index (Phi) is 4.71. The fraction of sp³-hybridized carbons (Fsp3) is 0.182. The maximum atomic E-state index is 9.81. The monoisotopic (exact) mass is 359 g/mol. The molecule has 136 valence electrons. The van der Waals surface area contributed by atoms with Crippen molar-refractivity contribution < 1.29 is 10.2 Å². The molecule has 0 saturated heterocycles. The van der Waals surface area contributed by atoms with Gasteiger partial charge in [-0.3, -0.25) is 4.68 Å². The number of pyridine rings is 1. The first-order chi connectivity index (χ1) is 13.1. The standard InChI is InChI=1S/C22H21N3O2/c1-15-5-7-16(8-6-15)12-25-13-18-11-17(9-10-20(18)24-25)19-3-2-4-21(23-19)22(27)14-26/h2-11,13,22,26-27H,12,14H2,1H3/t22-/m1/s1. The van der Waals surface area contributed by atoms with E-state index in [1.807, 2.05) is 41.2 Å². The molecular weight excluding hydrogens is 338 g/mol. The van der Waals surface area contributed by atoms with E-state index in [9.17, 15) is 5.11 Å². The molecule has 0 fully saturated rings. The average molecular weight is 359 g/mol. The zero-order valence-electron chi connectivity index (χ0n) is 15.1. The van der Waals surface area contributed by atoms with Crippen molar-refractivity contribution in [2.45, 2.75) is 19.6 Å². The maximum Gasteiger partial charge on any atom is 0.119 e. The molecule has 5 heteroatoms. The molecule has 0 aliphatic heterocycles. The molecule has 2 aromatic carbocycles. The zero-order chi connectivity index (χ0) is 18.8. The van der Waals surface area contributed by atoms with Gasteiger partial charge in [0, 0.05) is 17.1 Å². The molecule has 0 aliphatic carbocycles. The summed E-state index contributed by atoms with van der Waals surface area (Å²) in [5, 5.41) is 24.6. The Bertz CT molecular complexity index is 1070. The van der Waals surface area contributed by atoms with Gasteiger partial charge in [0.05, 0.1) is 30.1 Å². The highest BCUT2D eigenvalue weighted by atomic mass is 16.3. The van der Waals surface area contributed by atoms with E-state index in [4.69, 9.17) is 5.11 Å². The van der Waals surface area contributed by atoms with Crippen molar-refractivity contribution >= 4 is 10.9 Å². The number of benzene rings is 2. The van der Waals surface area contributed by atoms with Gasteiger partial charge in [0.15, 0.2) is 0 Å². The molecule has 4 rings (SSSR count). The number of aryl methyl sites for hydroxylation is 1. The number of aliphatic hydroxyl groups excluding tert-OH is 2. The lowest BCUT2D eigenvalue weighted by atomic mass is 10.1. The third-order valence-electron chi connectivity index (χ3n) is 4.60. The Morgan fingerprint density at radius 3 is 2.63 bits per heavy atom. The van der Waals surface area contributed by atoms with Crippen molar-refractivity contribution in [1.29, 1.82) is 0 Å². The summed E-state index contributed by atoms with van der Waals surface area (Å²) >= 11 is 0. The summed E-state index contributed by atoms with van der Waals surface area (Å²) < 4.78 is 1.94. The Morgan fingerprint density at radius 2 is 1.85 bits per heavy atom. The van der Waals surface area contributed by atoms with Crippen LogP contribution in [-0.4, -0.2) is 31.6 Å². The molecule has 0 unspecified atom stereocenters. The summed E-state index contributed by atoms with van der Waals surface area (Å²) in [5.74, 6) is 0. The Balaban J connectivity index is 1.64. The average Bonchev–Trinajstić information content (AvgIpc) is 3.10. The van der Waals surface area contributed by atoms with Gasteiger partial charge >= 0.3 is 0 Å². The number of aromatic nitrogens is 3. The van der Waals surface area contributed by atoms with Crippen molar-refractivity contribution in [3.63, 3.8) is 0 Å². The van der Waals surface area contributed by atoms with Crippen LogP contribution in [0.25, 0.3) is 22.2 Å². The number of hydrogen-bond donors (Lipinski definition) is 2. The first-order valence-corrected chi connectivity index (χ1v) is 8.91. The molecule has 0 amide bonds. The Hall–Kier alpha value is -3.02. The van der Waals surface area contributed by atoms with Gasteiger partial charge in [-0.2, -0.15) is 5.10 Å². The second-order valence-corrected chi connectivity index (χ2v) is 6.73. The third-order valence-corrected chi connectivity index (χ3v) is 4.60. The van der Waals surface area contributed by atoms with Crippen LogP contribution >= 0.6 is 0 Å². The topological polar surface area (TPSA) is 71.2 Å². The van der Waals surface area contributed by atoms with Gasteiger partial charge in [0.1, 0.15) is 6.10 Å². The maximum absolute atomic E-state index is 9.81. The van der Waals surface area contributed by atoms with E-state index in [0.717, 1.165) is 28.7 Å².